The molecule has 1 aromatic rings. The Hall–Kier alpha value is -0.550. The first-order valence-electron chi connectivity index (χ1n) is 6.72. The minimum Gasteiger partial charge on any atom is -0.591 e. The Morgan fingerprint density at radius 1 is 1.30 bits per heavy atom. The average Bonchev–Trinajstić information content (AvgIpc) is 2.32. The molecule has 1 saturated carbocycles. The van der Waals surface area contributed by atoms with Crippen molar-refractivity contribution in [2.24, 2.45) is 10.3 Å². The third-order valence-corrected chi connectivity index (χ3v) is 5.01. The van der Waals surface area contributed by atoms with Crippen LogP contribution >= 0.6 is 11.6 Å². The first-order valence-corrected chi connectivity index (χ1v) is 8.20. The van der Waals surface area contributed by atoms with E-state index in [0.717, 1.165) is 11.3 Å². The van der Waals surface area contributed by atoms with Crippen LogP contribution in [0.3, 0.4) is 0 Å². The van der Waals surface area contributed by atoms with Crippen LogP contribution in [0.15, 0.2) is 28.7 Å². The number of aliphatic hydroxyl groups is 1. The van der Waals surface area contributed by atoms with Crippen LogP contribution in [0.5, 0.6) is 0 Å². The lowest BCUT2D eigenvalue weighted by atomic mass is 9.77. The Bertz CT molecular complexity index is 490. The van der Waals surface area contributed by atoms with Crippen molar-refractivity contribution in [3.8, 4) is 0 Å². The molecule has 2 rings (SSSR count). The molecular weight excluding hydrogens is 294 g/mol. The van der Waals surface area contributed by atoms with Crippen molar-refractivity contribution in [1.29, 1.82) is 0 Å². The maximum absolute atomic E-state index is 12.3. The van der Waals surface area contributed by atoms with Gasteiger partial charge in [0.15, 0.2) is 0 Å². The molecule has 0 aliphatic heterocycles. The highest BCUT2D eigenvalue weighted by molar-refractivity contribution is 7.91. The Labute approximate surface area is 128 Å². The number of halogens is 1. The van der Waals surface area contributed by atoms with Crippen molar-refractivity contribution >= 4 is 28.7 Å². The van der Waals surface area contributed by atoms with E-state index in [1.54, 1.807) is 0 Å². The number of benzene rings is 1. The van der Waals surface area contributed by atoms with Gasteiger partial charge in [0, 0.05) is 16.5 Å². The third-order valence-electron chi connectivity index (χ3n) is 3.34. The Morgan fingerprint density at radius 2 is 1.85 bits per heavy atom. The van der Waals surface area contributed by atoms with E-state index >= 15 is 0 Å². The summed E-state index contributed by atoms with van der Waals surface area (Å²) in [6.45, 7) is 5.71. The number of nitrogens with zero attached hydrogens (tertiary/aromatic N) is 1. The fourth-order valence-electron chi connectivity index (χ4n) is 2.02. The molecule has 1 aliphatic rings. The first-order chi connectivity index (χ1) is 9.27. The smallest absolute Gasteiger partial charge is 0.144 e. The van der Waals surface area contributed by atoms with Gasteiger partial charge in [0.1, 0.15) is 21.8 Å². The van der Waals surface area contributed by atoms with E-state index in [4.69, 9.17) is 11.6 Å². The lowest BCUT2D eigenvalue weighted by Crippen LogP contribution is -2.36. The van der Waals surface area contributed by atoms with Crippen LogP contribution < -0.4 is 0 Å². The summed E-state index contributed by atoms with van der Waals surface area (Å²) in [7, 11) is 0. The van der Waals surface area contributed by atoms with E-state index in [2.05, 4.69) is 4.40 Å². The van der Waals surface area contributed by atoms with Gasteiger partial charge < -0.3 is 9.66 Å². The molecule has 0 bridgehead atoms. The highest BCUT2D eigenvalue weighted by Gasteiger charge is 2.35. The van der Waals surface area contributed by atoms with Crippen molar-refractivity contribution in [3.05, 3.63) is 34.9 Å². The number of hydrogen-bond acceptors (Lipinski definition) is 3. The van der Waals surface area contributed by atoms with E-state index in [1.165, 1.54) is 0 Å². The third kappa shape index (κ3) is 3.76. The molecule has 1 fully saturated rings. The quantitative estimate of drug-likeness (QED) is 0.687. The molecule has 1 N–H and O–H groups in total. The number of hydrogen-bond donors (Lipinski definition) is 1. The predicted octanol–water partition coefficient (Wildman–Crippen LogP) is 3.36. The van der Waals surface area contributed by atoms with Crippen LogP contribution in [0.2, 0.25) is 5.02 Å². The summed E-state index contributed by atoms with van der Waals surface area (Å²) in [5, 5.41) is 10.2. The maximum Gasteiger partial charge on any atom is 0.144 e. The molecule has 20 heavy (non-hydrogen) atoms. The van der Waals surface area contributed by atoms with E-state index in [9.17, 15) is 9.66 Å². The van der Waals surface area contributed by atoms with Gasteiger partial charge in [-0.2, -0.15) is 0 Å². The summed E-state index contributed by atoms with van der Waals surface area (Å²) in [5.41, 5.74) is 1.75. The van der Waals surface area contributed by atoms with Crippen molar-refractivity contribution < 1.29 is 9.66 Å². The zero-order chi connectivity index (χ0) is 14.9. The van der Waals surface area contributed by atoms with Gasteiger partial charge in [-0.1, -0.05) is 28.1 Å². The molecule has 0 heterocycles. The second kappa shape index (κ2) is 6.06. The van der Waals surface area contributed by atoms with Gasteiger partial charge >= 0.3 is 0 Å². The monoisotopic (exact) mass is 313 g/mol. The highest BCUT2D eigenvalue weighted by atomic mass is 35.5. The van der Waals surface area contributed by atoms with Crippen LogP contribution in [0.1, 0.15) is 39.2 Å². The van der Waals surface area contributed by atoms with Gasteiger partial charge in [-0.25, -0.2) is 0 Å². The van der Waals surface area contributed by atoms with Crippen molar-refractivity contribution in [2.75, 3.05) is 0 Å². The lowest BCUT2D eigenvalue weighted by Gasteiger charge is -2.32. The summed E-state index contributed by atoms with van der Waals surface area (Å²) in [6.07, 6.45) is 1.10. The summed E-state index contributed by atoms with van der Waals surface area (Å²) < 4.78 is 16.3. The summed E-state index contributed by atoms with van der Waals surface area (Å²) >= 11 is 4.61. The zero-order valence-electron chi connectivity index (χ0n) is 12.0. The summed E-state index contributed by atoms with van der Waals surface area (Å²) in [6, 6.07) is 7.40. The molecule has 110 valence electrons. The molecule has 1 aliphatic carbocycles. The maximum atomic E-state index is 12.3. The molecule has 1 atom stereocenters. The lowest BCUT2D eigenvalue weighted by molar-refractivity contribution is 0.0704. The largest absolute Gasteiger partial charge is 0.591 e. The standard InChI is InChI=1S/C15H20ClNO2S/c1-15(2,3)20(19)17-14(11-8-13(18)9-11)10-4-6-12(16)7-5-10/h4-7,11,13,18H,8-9H2,1-3H3/t11?,13?,20-/m1/s1. The Kier molecular flexibility index (Phi) is 4.80. The normalized spacial score (nSPS) is 25.2. The predicted molar refractivity (Wildman–Crippen MR) is 84.6 cm³/mol. The van der Waals surface area contributed by atoms with Crippen molar-refractivity contribution in [1.82, 2.24) is 0 Å². The minimum atomic E-state index is -1.30. The molecule has 0 spiro atoms. The molecular formula is C15H20ClNO2S. The molecule has 0 radical (unpaired) electrons. The molecule has 0 amide bonds. The average molecular weight is 314 g/mol. The fraction of sp³-hybridized carbons (Fsp3) is 0.533. The molecule has 3 nitrogen and oxygen atoms in total. The topological polar surface area (TPSA) is 55.7 Å². The second-order valence-electron chi connectivity index (χ2n) is 6.17. The Morgan fingerprint density at radius 3 is 2.30 bits per heavy atom. The number of aliphatic hydroxyl groups excluding tert-OH is 1. The molecule has 0 saturated heterocycles. The van der Waals surface area contributed by atoms with Gasteiger partial charge in [0.25, 0.3) is 0 Å². The zero-order valence-corrected chi connectivity index (χ0v) is 13.5. The van der Waals surface area contributed by atoms with Crippen LogP contribution in [-0.2, 0) is 11.4 Å². The van der Waals surface area contributed by atoms with Crippen LogP contribution in [0, 0.1) is 5.92 Å². The van der Waals surface area contributed by atoms with Crippen molar-refractivity contribution in [3.63, 3.8) is 0 Å². The van der Waals surface area contributed by atoms with E-state index in [0.29, 0.717) is 17.9 Å². The molecule has 0 aromatic heterocycles. The number of rotatable bonds is 3. The molecule has 5 heteroatoms. The van der Waals surface area contributed by atoms with Crippen LogP contribution in [-0.4, -0.2) is 26.2 Å². The van der Waals surface area contributed by atoms with Gasteiger partial charge in [-0.15, -0.1) is 0 Å². The van der Waals surface area contributed by atoms with Crippen molar-refractivity contribution in [2.45, 2.75) is 44.5 Å². The summed E-state index contributed by atoms with van der Waals surface area (Å²) in [5.74, 6) is 0.178. The SMILES string of the molecule is CC(C)(C)[S@@+]([O-])N=C(c1ccc(Cl)cc1)C1CC(O)C1. The van der Waals surface area contributed by atoms with E-state index in [1.807, 2.05) is 45.0 Å². The fourth-order valence-corrected chi connectivity index (χ4v) is 2.85. The minimum absolute atomic E-state index is 0.178. The Balaban J connectivity index is 2.30. The van der Waals surface area contributed by atoms with Gasteiger partial charge in [-0.05, 0) is 45.7 Å². The van der Waals surface area contributed by atoms with Gasteiger partial charge in [0.2, 0.25) is 0 Å². The van der Waals surface area contributed by atoms with Gasteiger partial charge in [-0.3, -0.25) is 0 Å². The second-order valence-corrected chi connectivity index (χ2v) is 8.51. The van der Waals surface area contributed by atoms with E-state index in [-0.39, 0.29) is 16.8 Å². The molecule has 0 unspecified atom stereocenters. The highest BCUT2D eigenvalue weighted by Crippen LogP contribution is 2.33. The van der Waals surface area contributed by atoms with Gasteiger partial charge in [0.05, 0.1) is 6.10 Å². The first kappa shape index (κ1) is 15.8. The van der Waals surface area contributed by atoms with Crippen LogP contribution in [0.25, 0.3) is 0 Å². The summed E-state index contributed by atoms with van der Waals surface area (Å²) in [4.78, 5) is 0. The van der Waals surface area contributed by atoms with Crippen LogP contribution in [0.4, 0.5) is 0 Å². The van der Waals surface area contributed by atoms with E-state index < -0.39 is 11.4 Å². The molecule has 1 aromatic carbocycles.